The lowest BCUT2D eigenvalue weighted by Crippen LogP contribution is -2.32. The minimum atomic E-state index is -0.706. The lowest BCUT2D eigenvalue weighted by molar-refractivity contribution is 0.210. The van der Waals surface area contributed by atoms with Crippen LogP contribution in [0.15, 0.2) is 23.3 Å². The van der Waals surface area contributed by atoms with Crippen molar-refractivity contribution >= 4 is 22.6 Å². The van der Waals surface area contributed by atoms with Gasteiger partial charge in [-0.25, -0.2) is 4.39 Å². The second-order valence-corrected chi connectivity index (χ2v) is 5.71. The van der Waals surface area contributed by atoms with E-state index in [2.05, 4.69) is 11.4 Å². The fraction of sp³-hybridized carbons (Fsp3) is 0.667. The summed E-state index contributed by atoms with van der Waals surface area (Å²) in [6.45, 7) is 1.48. The van der Waals surface area contributed by atoms with Crippen molar-refractivity contribution in [1.29, 1.82) is 0 Å². The van der Waals surface area contributed by atoms with Crippen molar-refractivity contribution in [3.8, 4) is 0 Å². The zero-order valence-electron chi connectivity index (χ0n) is 9.71. The van der Waals surface area contributed by atoms with Crippen LogP contribution < -0.4 is 5.32 Å². The Morgan fingerprint density at radius 3 is 2.75 bits per heavy atom. The lowest BCUT2D eigenvalue weighted by atomic mass is 9.87. The molecule has 2 N–H and O–H groups in total. The third-order valence-electron chi connectivity index (χ3n) is 2.91. The smallest absolute Gasteiger partial charge is 0.104 e. The Bertz CT molecular complexity index is 291. The molecule has 0 bridgehead atoms. The van der Waals surface area contributed by atoms with E-state index < -0.39 is 12.8 Å². The van der Waals surface area contributed by atoms with E-state index in [0.717, 1.165) is 18.4 Å². The van der Waals surface area contributed by atoms with Crippen LogP contribution in [0.3, 0.4) is 0 Å². The molecule has 0 fully saturated rings. The molecule has 0 heterocycles. The van der Waals surface area contributed by atoms with Crippen LogP contribution in [-0.4, -0.2) is 34.9 Å². The highest BCUT2D eigenvalue weighted by Gasteiger charge is 2.20. The molecule has 92 valence electrons. The second-order valence-electron chi connectivity index (χ2n) is 4.11. The maximum absolute atomic E-state index is 12.4. The van der Waals surface area contributed by atoms with Gasteiger partial charge in [-0.15, -0.1) is 0 Å². The van der Waals surface area contributed by atoms with E-state index in [-0.39, 0.29) is 9.97 Å². The highest BCUT2D eigenvalue weighted by Crippen LogP contribution is 2.26. The molecule has 16 heavy (non-hydrogen) atoms. The molecule has 1 rings (SSSR count). The molecular formula is C12H19FINO. The maximum Gasteiger partial charge on any atom is 0.104 e. The number of halogens is 2. The molecule has 4 heteroatoms. The highest BCUT2D eigenvalue weighted by molar-refractivity contribution is 14.1. The second kappa shape index (κ2) is 6.71. The van der Waals surface area contributed by atoms with E-state index in [1.165, 1.54) is 5.57 Å². The van der Waals surface area contributed by atoms with E-state index in [0.29, 0.717) is 0 Å². The molecule has 0 radical (unpaired) electrons. The molecule has 0 aromatic carbocycles. The van der Waals surface area contributed by atoms with Crippen LogP contribution in [0.2, 0.25) is 0 Å². The van der Waals surface area contributed by atoms with Gasteiger partial charge in [0.05, 0.1) is 10.0 Å². The summed E-state index contributed by atoms with van der Waals surface area (Å²) in [5.74, 6) is 0. The summed E-state index contributed by atoms with van der Waals surface area (Å²) >= 11 is 1.94. The van der Waals surface area contributed by atoms with Gasteiger partial charge in [0, 0.05) is 6.04 Å². The molecule has 0 spiro atoms. The lowest BCUT2D eigenvalue weighted by Gasteiger charge is -2.26. The average molecular weight is 339 g/mol. The molecule has 0 saturated carbocycles. The number of hydrogen-bond acceptors (Lipinski definition) is 2. The Labute approximate surface area is 110 Å². The van der Waals surface area contributed by atoms with Crippen LogP contribution in [0, 0.1) is 0 Å². The van der Waals surface area contributed by atoms with Gasteiger partial charge in [0.1, 0.15) is 6.67 Å². The highest BCUT2D eigenvalue weighted by atomic mass is 127. The van der Waals surface area contributed by atoms with Crippen LogP contribution in [0.25, 0.3) is 0 Å². The van der Waals surface area contributed by atoms with Crippen molar-refractivity contribution in [3.05, 3.63) is 23.3 Å². The normalized spacial score (nSPS) is 22.1. The molecule has 0 saturated heterocycles. The largest absolute Gasteiger partial charge is 0.388 e. The standard InChI is InChI=1S/C12H19FINO/c1-8(6-11(16)10(14)7-13)12(15-2)9-4-3-5-9/h4,6,10-12,15-16H,3,5,7H2,1-2H3/b8-6-. The number of likely N-dealkylation sites (N-methyl/N-ethyl adjacent to an activating group) is 1. The molecule has 3 unspecified atom stereocenters. The topological polar surface area (TPSA) is 32.3 Å². The Hall–Kier alpha value is 0.0600. The first-order valence-electron chi connectivity index (χ1n) is 5.52. The predicted molar refractivity (Wildman–Crippen MR) is 73.7 cm³/mol. The van der Waals surface area contributed by atoms with E-state index in [1.54, 1.807) is 6.08 Å². The average Bonchev–Trinajstić information content (AvgIpc) is 2.21. The number of aliphatic hydroxyl groups excluding tert-OH is 1. The van der Waals surface area contributed by atoms with Gasteiger partial charge in [-0.05, 0) is 26.8 Å². The summed E-state index contributed by atoms with van der Waals surface area (Å²) < 4.78 is 12.0. The monoisotopic (exact) mass is 339 g/mol. The molecule has 1 aliphatic carbocycles. The predicted octanol–water partition coefficient (Wildman–Crippen LogP) is 2.37. The van der Waals surface area contributed by atoms with Gasteiger partial charge in [-0.3, -0.25) is 0 Å². The van der Waals surface area contributed by atoms with Crippen molar-refractivity contribution in [2.75, 3.05) is 13.7 Å². The Morgan fingerprint density at radius 1 is 1.75 bits per heavy atom. The summed E-state index contributed by atoms with van der Waals surface area (Å²) in [7, 11) is 1.91. The van der Waals surface area contributed by atoms with Crippen LogP contribution in [-0.2, 0) is 0 Å². The third-order valence-corrected chi connectivity index (χ3v) is 3.98. The first-order chi connectivity index (χ1) is 7.60. The maximum atomic E-state index is 12.4. The minimum absolute atomic E-state index is 0.201. The summed E-state index contributed by atoms with van der Waals surface area (Å²) in [5, 5.41) is 13.0. The molecule has 0 amide bonds. The Balaban J connectivity index is 2.66. The minimum Gasteiger partial charge on any atom is -0.388 e. The van der Waals surface area contributed by atoms with Gasteiger partial charge in [-0.2, -0.15) is 0 Å². The summed E-state index contributed by atoms with van der Waals surface area (Å²) in [6.07, 6.45) is 5.52. The van der Waals surface area contributed by atoms with Crippen LogP contribution in [0.1, 0.15) is 19.8 Å². The van der Waals surface area contributed by atoms with Gasteiger partial charge < -0.3 is 10.4 Å². The van der Waals surface area contributed by atoms with Gasteiger partial charge in [0.2, 0.25) is 0 Å². The number of rotatable bonds is 6. The molecule has 0 aliphatic heterocycles. The first kappa shape index (κ1) is 14.1. The molecule has 1 aliphatic rings. The van der Waals surface area contributed by atoms with Gasteiger partial charge in [-0.1, -0.05) is 45.9 Å². The van der Waals surface area contributed by atoms with E-state index >= 15 is 0 Å². The zero-order chi connectivity index (χ0) is 12.1. The Kier molecular flexibility index (Phi) is 5.92. The van der Waals surface area contributed by atoms with E-state index in [4.69, 9.17) is 0 Å². The molecule has 3 atom stereocenters. The number of aliphatic hydroxyl groups is 1. The van der Waals surface area contributed by atoms with Crippen LogP contribution in [0.5, 0.6) is 0 Å². The summed E-state index contributed by atoms with van der Waals surface area (Å²) in [5.41, 5.74) is 2.43. The molecular weight excluding hydrogens is 320 g/mol. The fourth-order valence-electron chi connectivity index (χ4n) is 1.84. The fourth-order valence-corrected chi connectivity index (χ4v) is 2.05. The molecule has 0 aromatic rings. The van der Waals surface area contributed by atoms with E-state index in [1.807, 2.05) is 36.6 Å². The SMILES string of the molecule is CNC(C1=CCC1)/C(C)=C\C(O)C(I)CF. The van der Waals surface area contributed by atoms with Gasteiger partial charge >= 0.3 is 0 Å². The quantitative estimate of drug-likeness (QED) is 0.442. The number of hydrogen-bond donors (Lipinski definition) is 2. The molecule has 0 aromatic heterocycles. The van der Waals surface area contributed by atoms with Gasteiger partial charge in [0.25, 0.3) is 0 Å². The van der Waals surface area contributed by atoms with Crippen molar-refractivity contribution in [1.82, 2.24) is 5.32 Å². The third kappa shape index (κ3) is 3.53. The van der Waals surface area contributed by atoms with Crippen LogP contribution >= 0.6 is 22.6 Å². The summed E-state index contributed by atoms with van der Waals surface area (Å²) in [4.78, 5) is 0. The zero-order valence-corrected chi connectivity index (χ0v) is 11.9. The summed E-state index contributed by atoms with van der Waals surface area (Å²) in [6, 6.07) is 0.201. The first-order valence-corrected chi connectivity index (χ1v) is 6.77. The van der Waals surface area contributed by atoms with Gasteiger partial charge in [0.15, 0.2) is 0 Å². The number of nitrogens with one attached hydrogen (secondary N) is 1. The van der Waals surface area contributed by atoms with Crippen molar-refractivity contribution in [2.24, 2.45) is 0 Å². The Morgan fingerprint density at radius 2 is 2.38 bits per heavy atom. The van der Waals surface area contributed by atoms with E-state index in [9.17, 15) is 9.50 Å². The number of allylic oxidation sites excluding steroid dienone is 1. The van der Waals surface area contributed by atoms with Crippen molar-refractivity contribution in [3.63, 3.8) is 0 Å². The molecule has 2 nitrogen and oxygen atoms in total. The number of alkyl halides is 2. The van der Waals surface area contributed by atoms with Crippen molar-refractivity contribution < 1.29 is 9.50 Å². The van der Waals surface area contributed by atoms with Crippen LogP contribution in [0.4, 0.5) is 4.39 Å². The van der Waals surface area contributed by atoms with Crippen molar-refractivity contribution in [2.45, 2.75) is 35.8 Å².